The summed E-state index contributed by atoms with van der Waals surface area (Å²) in [6, 6.07) is 20.9. The van der Waals surface area contributed by atoms with E-state index < -0.39 is 0 Å². The fourth-order valence-corrected chi connectivity index (χ4v) is 6.12. The normalized spacial score (nSPS) is 17.0. The Morgan fingerprint density at radius 2 is 1.61 bits per heavy atom. The molecular formula is C34H37ClN6O3. The second kappa shape index (κ2) is 13.2. The number of hydrogen-bond acceptors (Lipinski definition) is 6. The van der Waals surface area contributed by atoms with Crippen LogP contribution in [0.1, 0.15) is 39.0 Å². The molecule has 0 radical (unpaired) electrons. The first-order valence-electron chi connectivity index (χ1n) is 15.2. The summed E-state index contributed by atoms with van der Waals surface area (Å²) in [4.78, 5) is 52.3. The predicted octanol–water partition coefficient (Wildman–Crippen LogP) is 3.59. The van der Waals surface area contributed by atoms with Gasteiger partial charge in [0, 0.05) is 74.6 Å². The van der Waals surface area contributed by atoms with Crippen molar-refractivity contribution in [2.75, 3.05) is 57.8 Å². The molecule has 3 amide bonds. The van der Waals surface area contributed by atoms with Gasteiger partial charge in [-0.2, -0.15) is 0 Å². The van der Waals surface area contributed by atoms with E-state index in [1.54, 1.807) is 34.1 Å². The van der Waals surface area contributed by atoms with Crippen molar-refractivity contribution in [3.8, 4) is 0 Å². The lowest BCUT2D eigenvalue weighted by Gasteiger charge is -2.27. The Balaban J connectivity index is 1.26. The van der Waals surface area contributed by atoms with Crippen molar-refractivity contribution in [2.45, 2.75) is 25.9 Å². The number of nitrogens with one attached hydrogen (secondary N) is 1. The zero-order valence-electron chi connectivity index (χ0n) is 25.0. The van der Waals surface area contributed by atoms with Gasteiger partial charge >= 0.3 is 0 Å². The van der Waals surface area contributed by atoms with E-state index in [2.05, 4.69) is 15.2 Å². The number of likely N-dealkylation sites (N-methyl/N-ethyl adjacent to an activating group) is 1. The van der Waals surface area contributed by atoms with Crippen LogP contribution in [0.2, 0.25) is 5.02 Å². The summed E-state index contributed by atoms with van der Waals surface area (Å²) in [5.74, 6) is 0.735. The van der Waals surface area contributed by atoms with Crippen LogP contribution in [-0.2, 0) is 29.1 Å². The van der Waals surface area contributed by atoms with Crippen LogP contribution in [0.15, 0.2) is 71.7 Å². The van der Waals surface area contributed by atoms with E-state index in [0.717, 1.165) is 73.0 Å². The van der Waals surface area contributed by atoms with Crippen molar-refractivity contribution in [3.63, 3.8) is 0 Å². The molecule has 1 saturated heterocycles. The van der Waals surface area contributed by atoms with Crippen molar-refractivity contribution in [2.24, 2.45) is 4.99 Å². The van der Waals surface area contributed by atoms with E-state index in [4.69, 9.17) is 11.6 Å². The van der Waals surface area contributed by atoms with Crippen molar-refractivity contribution < 1.29 is 14.4 Å². The maximum atomic E-state index is 13.9. The first kappa shape index (κ1) is 29.8. The molecule has 3 aromatic rings. The van der Waals surface area contributed by atoms with Gasteiger partial charge < -0.3 is 24.9 Å². The van der Waals surface area contributed by atoms with Crippen LogP contribution < -0.4 is 10.2 Å². The van der Waals surface area contributed by atoms with Crippen molar-refractivity contribution in [1.82, 2.24) is 20.0 Å². The van der Waals surface area contributed by atoms with Crippen LogP contribution in [0.5, 0.6) is 0 Å². The van der Waals surface area contributed by atoms with Crippen molar-refractivity contribution >= 4 is 40.8 Å². The molecule has 0 spiro atoms. The topological polar surface area (TPSA) is 88.6 Å². The number of anilines is 1. The predicted molar refractivity (Wildman–Crippen MR) is 172 cm³/mol. The fraction of sp³-hybridized carbons (Fsp3) is 0.353. The highest BCUT2D eigenvalue weighted by Crippen LogP contribution is 2.30. The number of benzene rings is 3. The largest absolute Gasteiger partial charge is 0.358 e. The lowest BCUT2D eigenvalue weighted by Crippen LogP contribution is -2.46. The molecule has 1 fully saturated rings. The summed E-state index contributed by atoms with van der Waals surface area (Å²) in [6.45, 7) is 5.40. The maximum absolute atomic E-state index is 13.9. The molecule has 3 aromatic carbocycles. The van der Waals surface area contributed by atoms with Crippen LogP contribution >= 0.6 is 11.6 Å². The smallest absolute Gasteiger partial charge is 0.254 e. The Morgan fingerprint density at radius 1 is 0.886 bits per heavy atom. The van der Waals surface area contributed by atoms with Gasteiger partial charge in [-0.05, 0) is 53.4 Å². The number of amides is 3. The molecule has 1 N–H and O–H groups in total. The molecule has 6 rings (SSSR count). The van der Waals surface area contributed by atoms with Crippen LogP contribution in [0.25, 0.3) is 0 Å². The molecule has 0 unspecified atom stereocenters. The number of rotatable bonds is 7. The number of carbonyl (C=O) groups is 3. The first-order chi connectivity index (χ1) is 21.4. The third-order valence-corrected chi connectivity index (χ3v) is 8.77. The number of aryl methyl sites for hydroxylation is 1. The number of amidine groups is 1. The minimum absolute atomic E-state index is 0.0490. The molecule has 0 aromatic heterocycles. The van der Waals surface area contributed by atoms with Crippen LogP contribution in [-0.4, -0.2) is 91.1 Å². The summed E-state index contributed by atoms with van der Waals surface area (Å²) in [7, 11) is 2.04. The molecule has 10 heteroatoms. The van der Waals surface area contributed by atoms with E-state index >= 15 is 0 Å². The SMILES string of the molecule is CN1CCN=C1c1ccc(CN2C(=O)CN(C(=O)c3ccc(Cl)cc3)Cc3ccc(CCC(=O)N4CCNCC4)cc32)cc1. The fourth-order valence-electron chi connectivity index (χ4n) is 6.00. The quantitative estimate of drug-likeness (QED) is 0.441. The average molecular weight is 613 g/mol. The van der Waals surface area contributed by atoms with Crippen LogP contribution in [0, 0.1) is 0 Å². The molecule has 0 aliphatic carbocycles. The van der Waals surface area contributed by atoms with Gasteiger partial charge in [-0.3, -0.25) is 19.4 Å². The van der Waals surface area contributed by atoms with Gasteiger partial charge in [0.2, 0.25) is 11.8 Å². The van der Waals surface area contributed by atoms with E-state index in [9.17, 15) is 14.4 Å². The zero-order chi connectivity index (χ0) is 30.6. The van der Waals surface area contributed by atoms with Gasteiger partial charge in [0.1, 0.15) is 12.4 Å². The van der Waals surface area contributed by atoms with E-state index in [1.807, 2.05) is 54.4 Å². The van der Waals surface area contributed by atoms with E-state index in [0.29, 0.717) is 36.5 Å². The van der Waals surface area contributed by atoms with E-state index in [-0.39, 0.29) is 24.3 Å². The summed E-state index contributed by atoms with van der Waals surface area (Å²) < 4.78 is 0. The molecule has 3 heterocycles. The Kier molecular flexibility index (Phi) is 8.95. The lowest BCUT2D eigenvalue weighted by molar-refractivity contribution is -0.131. The maximum Gasteiger partial charge on any atom is 0.254 e. The molecule has 3 aliphatic rings. The van der Waals surface area contributed by atoms with Gasteiger partial charge in [-0.1, -0.05) is 48.0 Å². The number of fused-ring (bicyclic) bond motifs is 1. The summed E-state index contributed by atoms with van der Waals surface area (Å²) in [6.07, 6.45) is 0.990. The molecular weight excluding hydrogens is 576 g/mol. The molecule has 9 nitrogen and oxygen atoms in total. The number of hydrogen-bond donors (Lipinski definition) is 1. The Labute approximate surface area is 263 Å². The number of piperazine rings is 1. The standard InChI is InChI=1S/C34H37ClN6O3/c1-38-17-16-37-33(38)26-6-3-25(4-7-26)21-41-30-20-24(5-13-31(42)39-18-14-36-15-19-39)2-8-28(30)22-40(23-32(41)43)34(44)27-9-11-29(35)12-10-27/h2-4,6-12,20,36H,5,13-19,21-23H2,1H3. The molecule has 0 bridgehead atoms. The number of carbonyl (C=O) groups excluding carboxylic acids is 3. The first-order valence-corrected chi connectivity index (χ1v) is 15.5. The summed E-state index contributed by atoms with van der Waals surface area (Å²) in [5.41, 5.74) is 5.15. The third kappa shape index (κ3) is 6.64. The monoisotopic (exact) mass is 612 g/mol. The molecule has 3 aliphatic heterocycles. The van der Waals surface area contributed by atoms with Gasteiger partial charge in [0.05, 0.1) is 13.1 Å². The molecule has 228 valence electrons. The highest BCUT2D eigenvalue weighted by atomic mass is 35.5. The van der Waals surface area contributed by atoms with Gasteiger partial charge in [-0.25, -0.2) is 0 Å². The third-order valence-electron chi connectivity index (χ3n) is 8.52. The lowest BCUT2D eigenvalue weighted by atomic mass is 10.0. The molecule has 0 atom stereocenters. The molecule has 0 saturated carbocycles. The van der Waals surface area contributed by atoms with Gasteiger partial charge in [-0.15, -0.1) is 0 Å². The average Bonchev–Trinajstić information content (AvgIpc) is 3.43. The van der Waals surface area contributed by atoms with E-state index in [1.165, 1.54) is 0 Å². The second-order valence-corrected chi connectivity index (χ2v) is 12.0. The van der Waals surface area contributed by atoms with Crippen molar-refractivity contribution in [1.29, 1.82) is 0 Å². The number of aliphatic imine (C=N–C) groups is 1. The number of halogens is 1. The minimum atomic E-state index is -0.223. The molecule has 44 heavy (non-hydrogen) atoms. The highest BCUT2D eigenvalue weighted by Gasteiger charge is 2.30. The Morgan fingerprint density at radius 3 is 2.32 bits per heavy atom. The van der Waals surface area contributed by atoms with Gasteiger partial charge in [0.15, 0.2) is 0 Å². The van der Waals surface area contributed by atoms with Crippen molar-refractivity contribution in [3.05, 3.63) is 99.6 Å². The Hall–Kier alpha value is -4.21. The van der Waals surface area contributed by atoms with Crippen LogP contribution in [0.3, 0.4) is 0 Å². The Bertz CT molecular complexity index is 1570. The zero-order valence-corrected chi connectivity index (χ0v) is 25.7. The minimum Gasteiger partial charge on any atom is -0.358 e. The van der Waals surface area contributed by atoms with Crippen LogP contribution in [0.4, 0.5) is 5.69 Å². The number of nitrogens with zero attached hydrogens (tertiary/aromatic N) is 5. The summed E-state index contributed by atoms with van der Waals surface area (Å²) in [5, 5.41) is 3.83. The van der Waals surface area contributed by atoms with Gasteiger partial charge in [0.25, 0.3) is 5.91 Å². The summed E-state index contributed by atoms with van der Waals surface area (Å²) >= 11 is 6.05. The second-order valence-electron chi connectivity index (χ2n) is 11.6. The highest BCUT2D eigenvalue weighted by molar-refractivity contribution is 6.30.